The monoisotopic (exact) mass is 272 g/mol. The second-order valence-corrected chi connectivity index (χ2v) is 5.87. The Hall–Kier alpha value is -1.81. The van der Waals surface area contributed by atoms with Crippen molar-refractivity contribution in [3.63, 3.8) is 0 Å². The van der Waals surface area contributed by atoms with E-state index in [0.29, 0.717) is 18.2 Å². The number of hydrogen-bond donors (Lipinski definition) is 3. The van der Waals surface area contributed by atoms with Crippen LogP contribution in [0.1, 0.15) is 44.7 Å². The van der Waals surface area contributed by atoms with Crippen molar-refractivity contribution in [2.45, 2.75) is 45.8 Å². The average Bonchev–Trinajstić information content (AvgIpc) is 2.36. The molecule has 0 fully saturated rings. The Kier molecular flexibility index (Phi) is 3.86. The average molecular weight is 272 g/mol. The molecule has 0 aromatic heterocycles. The Labute approximate surface area is 121 Å². The molecule has 108 valence electrons. The highest BCUT2D eigenvalue weighted by atomic mass is 15.3. The van der Waals surface area contributed by atoms with Gasteiger partial charge in [-0.05, 0) is 30.9 Å². The summed E-state index contributed by atoms with van der Waals surface area (Å²) < 4.78 is 0. The molecule has 0 saturated heterocycles. The molecule has 0 aliphatic carbocycles. The lowest BCUT2D eigenvalue weighted by Crippen LogP contribution is -2.56. The van der Waals surface area contributed by atoms with Crippen LogP contribution in [0, 0.1) is 0 Å². The van der Waals surface area contributed by atoms with Crippen molar-refractivity contribution in [3.05, 3.63) is 46.7 Å². The van der Waals surface area contributed by atoms with Gasteiger partial charge in [-0.3, -0.25) is 5.73 Å². The predicted octanol–water partition coefficient (Wildman–Crippen LogP) is 2.22. The summed E-state index contributed by atoms with van der Waals surface area (Å²) in [6.07, 6.45) is 0.608. The minimum atomic E-state index is -0.854. The summed E-state index contributed by atoms with van der Waals surface area (Å²) in [5.74, 6) is 0.195. The fourth-order valence-electron chi connectivity index (χ4n) is 2.35. The maximum Gasteiger partial charge on any atom is 0.188 e. The van der Waals surface area contributed by atoms with Gasteiger partial charge >= 0.3 is 0 Å². The molecular weight excluding hydrogens is 248 g/mol. The molecule has 1 unspecified atom stereocenters. The van der Waals surface area contributed by atoms with Crippen molar-refractivity contribution in [1.29, 1.82) is 0 Å². The number of aliphatic imine (C=N–C) groups is 1. The van der Waals surface area contributed by atoms with Gasteiger partial charge in [0.25, 0.3) is 0 Å². The normalized spacial score (nSPS) is 22.8. The molecule has 1 aromatic carbocycles. The molecule has 1 aromatic rings. The van der Waals surface area contributed by atoms with Crippen LogP contribution in [0.2, 0.25) is 0 Å². The molecule has 0 bridgehead atoms. The third-order valence-electron chi connectivity index (χ3n) is 3.79. The standard InChI is InChI=1S/C16H24N4/c1-10(2)14-7-5-13(6-8-14)9-16(18)19-12(4)11(3)15(17)20-16/h5-8,10,19H,9,18H2,1-4H3,(H2,17,20). The summed E-state index contributed by atoms with van der Waals surface area (Å²) in [5, 5.41) is 3.25. The minimum Gasteiger partial charge on any atom is -0.384 e. The molecule has 0 radical (unpaired) electrons. The third-order valence-corrected chi connectivity index (χ3v) is 3.79. The molecule has 0 saturated carbocycles. The van der Waals surface area contributed by atoms with E-state index in [-0.39, 0.29) is 0 Å². The van der Waals surface area contributed by atoms with E-state index in [9.17, 15) is 0 Å². The highest BCUT2D eigenvalue weighted by Crippen LogP contribution is 2.20. The summed E-state index contributed by atoms with van der Waals surface area (Å²) in [6, 6.07) is 8.51. The van der Waals surface area contributed by atoms with Gasteiger partial charge in [0.05, 0.1) is 0 Å². The lowest BCUT2D eigenvalue weighted by molar-refractivity contribution is 0.374. The first-order valence-corrected chi connectivity index (χ1v) is 7.00. The molecule has 4 nitrogen and oxygen atoms in total. The van der Waals surface area contributed by atoms with Crippen LogP contribution >= 0.6 is 0 Å². The third kappa shape index (κ3) is 3.02. The van der Waals surface area contributed by atoms with Crippen LogP contribution in [-0.2, 0) is 6.42 Å². The predicted molar refractivity (Wildman–Crippen MR) is 84.3 cm³/mol. The lowest BCUT2D eigenvalue weighted by atomic mass is 9.98. The Morgan fingerprint density at radius 1 is 1.20 bits per heavy atom. The van der Waals surface area contributed by atoms with E-state index >= 15 is 0 Å². The van der Waals surface area contributed by atoms with Gasteiger partial charge in [0, 0.05) is 17.7 Å². The van der Waals surface area contributed by atoms with Gasteiger partial charge in [0.15, 0.2) is 5.79 Å². The van der Waals surface area contributed by atoms with Crippen LogP contribution in [0.25, 0.3) is 0 Å². The first-order valence-electron chi connectivity index (χ1n) is 7.00. The molecule has 1 atom stereocenters. The largest absolute Gasteiger partial charge is 0.384 e. The maximum absolute atomic E-state index is 6.32. The molecule has 1 aliphatic heterocycles. The molecule has 1 aliphatic rings. The van der Waals surface area contributed by atoms with Crippen LogP contribution in [0.5, 0.6) is 0 Å². The van der Waals surface area contributed by atoms with E-state index in [2.05, 4.69) is 48.4 Å². The summed E-state index contributed by atoms with van der Waals surface area (Å²) in [5.41, 5.74) is 16.7. The molecule has 5 N–H and O–H groups in total. The van der Waals surface area contributed by atoms with E-state index in [1.54, 1.807) is 0 Å². The van der Waals surface area contributed by atoms with E-state index in [4.69, 9.17) is 11.5 Å². The van der Waals surface area contributed by atoms with E-state index in [1.807, 2.05) is 13.8 Å². The summed E-state index contributed by atoms with van der Waals surface area (Å²) >= 11 is 0. The summed E-state index contributed by atoms with van der Waals surface area (Å²) in [6.45, 7) is 8.28. The van der Waals surface area contributed by atoms with Crippen LogP contribution in [0.3, 0.4) is 0 Å². The fraction of sp³-hybridized carbons (Fsp3) is 0.438. The lowest BCUT2D eigenvalue weighted by Gasteiger charge is -2.33. The molecule has 0 amide bonds. The smallest absolute Gasteiger partial charge is 0.188 e. The van der Waals surface area contributed by atoms with Gasteiger partial charge in [-0.25, -0.2) is 4.99 Å². The van der Waals surface area contributed by atoms with E-state index in [1.165, 1.54) is 5.56 Å². The van der Waals surface area contributed by atoms with Crippen molar-refractivity contribution in [3.8, 4) is 0 Å². The zero-order chi connectivity index (χ0) is 14.9. The Balaban J connectivity index is 2.18. The van der Waals surface area contributed by atoms with Crippen LogP contribution in [-0.4, -0.2) is 11.6 Å². The first-order chi connectivity index (χ1) is 9.31. The fourth-order valence-corrected chi connectivity index (χ4v) is 2.35. The van der Waals surface area contributed by atoms with Gasteiger partial charge < -0.3 is 11.1 Å². The zero-order valence-corrected chi connectivity index (χ0v) is 12.7. The SMILES string of the molecule is CC1=C(C)C(N)=NC(N)(Cc2ccc(C(C)C)cc2)N1. The molecule has 20 heavy (non-hydrogen) atoms. The zero-order valence-electron chi connectivity index (χ0n) is 12.7. The number of amidine groups is 1. The second kappa shape index (κ2) is 5.29. The summed E-state index contributed by atoms with van der Waals surface area (Å²) in [7, 11) is 0. The molecular formula is C16H24N4. The van der Waals surface area contributed by atoms with Gasteiger partial charge in [-0.2, -0.15) is 0 Å². The quantitative estimate of drug-likeness (QED) is 0.789. The summed E-state index contributed by atoms with van der Waals surface area (Å²) in [4.78, 5) is 4.40. The molecule has 4 heteroatoms. The number of nitrogens with one attached hydrogen (secondary N) is 1. The second-order valence-electron chi connectivity index (χ2n) is 5.87. The molecule has 1 heterocycles. The van der Waals surface area contributed by atoms with Crippen LogP contribution in [0.4, 0.5) is 0 Å². The number of nitrogens with two attached hydrogens (primary N) is 2. The minimum absolute atomic E-state index is 0.516. The van der Waals surface area contributed by atoms with Crippen molar-refractivity contribution < 1.29 is 0 Å². The molecule has 2 rings (SSSR count). The van der Waals surface area contributed by atoms with Crippen molar-refractivity contribution >= 4 is 5.84 Å². The highest BCUT2D eigenvalue weighted by molar-refractivity contribution is 5.97. The number of allylic oxidation sites excluding steroid dienone is 1. The van der Waals surface area contributed by atoms with Crippen molar-refractivity contribution in [2.24, 2.45) is 16.5 Å². The Bertz CT molecular complexity index is 554. The highest BCUT2D eigenvalue weighted by Gasteiger charge is 2.29. The van der Waals surface area contributed by atoms with Gasteiger partial charge in [0.2, 0.25) is 0 Å². The van der Waals surface area contributed by atoms with Gasteiger partial charge in [-0.1, -0.05) is 38.1 Å². The maximum atomic E-state index is 6.32. The topological polar surface area (TPSA) is 76.4 Å². The Morgan fingerprint density at radius 2 is 1.80 bits per heavy atom. The van der Waals surface area contributed by atoms with Crippen molar-refractivity contribution in [1.82, 2.24) is 5.32 Å². The van der Waals surface area contributed by atoms with E-state index < -0.39 is 5.79 Å². The molecule has 0 spiro atoms. The van der Waals surface area contributed by atoms with E-state index in [0.717, 1.165) is 16.8 Å². The first kappa shape index (κ1) is 14.6. The van der Waals surface area contributed by atoms with Crippen molar-refractivity contribution in [2.75, 3.05) is 0 Å². The van der Waals surface area contributed by atoms with Crippen LogP contribution in [0.15, 0.2) is 40.5 Å². The number of benzene rings is 1. The van der Waals surface area contributed by atoms with Gasteiger partial charge in [0.1, 0.15) is 5.84 Å². The van der Waals surface area contributed by atoms with Gasteiger partial charge in [-0.15, -0.1) is 0 Å². The Morgan fingerprint density at radius 3 is 2.30 bits per heavy atom. The number of rotatable bonds is 3. The number of nitrogens with zero attached hydrogens (tertiary/aromatic N) is 1. The number of hydrogen-bond acceptors (Lipinski definition) is 4. The van der Waals surface area contributed by atoms with Crippen LogP contribution < -0.4 is 16.8 Å².